The van der Waals surface area contributed by atoms with Crippen molar-refractivity contribution in [1.82, 2.24) is 30.2 Å². The van der Waals surface area contributed by atoms with Gasteiger partial charge < -0.3 is 15.2 Å². The quantitative estimate of drug-likeness (QED) is 0.528. The molecule has 4 aromatic rings. The van der Waals surface area contributed by atoms with Crippen LogP contribution in [0.2, 0.25) is 0 Å². The fourth-order valence-electron chi connectivity index (χ4n) is 4.06. The lowest BCUT2D eigenvalue weighted by molar-refractivity contribution is -0.126. The second-order valence-corrected chi connectivity index (χ2v) is 8.90. The van der Waals surface area contributed by atoms with Gasteiger partial charge >= 0.3 is 0 Å². The Balaban J connectivity index is 1.42. The number of thiazole rings is 1. The normalized spacial score (nSPS) is 18.0. The van der Waals surface area contributed by atoms with Gasteiger partial charge in [0.25, 0.3) is 0 Å². The number of aromatic nitrogens is 4. The van der Waals surface area contributed by atoms with Gasteiger partial charge in [0.15, 0.2) is 0 Å². The summed E-state index contributed by atoms with van der Waals surface area (Å²) in [5, 5.41) is 7.41. The first kappa shape index (κ1) is 19.1. The summed E-state index contributed by atoms with van der Waals surface area (Å²) in [6.07, 6.45) is 5.59. The van der Waals surface area contributed by atoms with Gasteiger partial charge in [-0.05, 0) is 37.9 Å². The number of hydrogen-bond donors (Lipinski definition) is 2. The van der Waals surface area contributed by atoms with Crippen LogP contribution >= 0.6 is 11.3 Å². The Morgan fingerprint density at radius 2 is 2.27 bits per heavy atom. The van der Waals surface area contributed by atoms with E-state index in [9.17, 15) is 4.79 Å². The molecule has 1 aromatic carbocycles. The van der Waals surface area contributed by atoms with Crippen molar-refractivity contribution in [3.8, 4) is 10.6 Å². The zero-order valence-electron chi connectivity index (χ0n) is 17.1. The van der Waals surface area contributed by atoms with E-state index in [1.54, 1.807) is 23.9 Å². The lowest BCUT2D eigenvalue weighted by Gasteiger charge is -2.24. The number of carbonyl (C=O) groups excluding carboxylic acids is 1. The summed E-state index contributed by atoms with van der Waals surface area (Å²) >= 11 is 1.58. The number of pyridine rings is 1. The second kappa shape index (κ2) is 7.77. The van der Waals surface area contributed by atoms with Crippen LogP contribution in [-0.4, -0.2) is 38.5 Å². The second-order valence-electron chi connectivity index (χ2n) is 7.92. The van der Waals surface area contributed by atoms with E-state index in [1.165, 1.54) is 0 Å². The number of nitrogens with one attached hydrogen (secondary N) is 2. The Kier molecular flexibility index (Phi) is 4.96. The maximum atomic E-state index is 12.6. The van der Waals surface area contributed by atoms with E-state index in [4.69, 9.17) is 4.98 Å². The molecule has 1 saturated heterocycles. The van der Waals surface area contributed by atoms with Gasteiger partial charge in [0.05, 0.1) is 30.0 Å². The SMILES string of the molecule is C[C@H](NC(=O)C1CCCNC1)c1cccc(-c2nc3c(ncc4ncn(C)c43)s2)c1. The number of nitrogens with zero attached hydrogens (tertiary/aromatic N) is 4. The van der Waals surface area contributed by atoms with Crippen LogP contribution < -0.4 is 10.6 Å². The van der Waals surface area contributed by atoms with Crippen molar-refractivity contribution in [3.05, 3.63) is 42.4 Å². The highest BCUT2D eigenvalue weighted by Gasteiger charge is 2.22. The molecule has 0 spiro atoms. The Morgan fingerprint density at radius 3 is 3.10 bits per heavy atom. The molecule has 1 aliphatic rings. The van der Waals surface area contributed by atoms with Crippen molar-refractivity contribution in [2.75, 3.05) is 13.1 Å². The number of hydrogen-bond acceptors (Lipinski definition) is 6. The molecular weight excluding hydrogens is 396 g/mol. The molecule has 0 aliphatic carbocycles. The van der Waals surface area contributed by atoms with Crippen molar-refractivity contribution in [2.45, 2.75) is 25.8 Å². The van der Waals surface area contributed by atoms with Gasteiger partial charge in [-0.25, -0.2) is 15.0 Å². The van der Waals surface area contributed by atoms with Gasteiger partial charge in [0, 0.05) is 19.2 Å². The maximum Gasteiger partial charge on any atom is 0.224 e. The predicted molar refractivity (Wildman–Crippen MR) is 119 cm³/mol. The number of carbonyl (C=O) groups is 1. The first-order valence-corrected chi connectivity index (χ1v) is 11.1. The minimum Gasteiger partial charge on any atom is -0.349 e. The highest BCUT2D eigenvalue weighted by Crippen LogP contribution is 2.33. The van der Waals surface area contributed by atoms with Crippen LogP contribution in [0.25, 0.3) is 32.0 Å². The molecule has 2 N–H and O–H groups in total. The van der Waals surface area contributed by atoms with Crippen LogP contribution in [0.15, 0.2) is 36.8 Å². The van der Waals surface area contributed by atoms with Crippen LogP contribution in [0.1, 0.15) is 31.4 Å². The molecule has 1 amide bonds. The van der Waals surface area contributed by atoms with Gasteiger partial charge in [0.2, 0.25) is 5.91 Å². The van der Waals surface area contributed by atoms with Gasteiger partial charge in [0.1, 0.15) is 20.9 Å². The zero-order chi connectivity index (χ0) is 20.7. The smallest absolute Gasteiger partial charge is 0.224 e. The van der Waals surface area contributed by atoms with E-state index in [0.717, 1.165) is 63.4 Å². The fourth-order valence-corrected chi connectivity index (χ4v) is 4.97. The largest absolute Gasteiger partial charge is 0.349 e. The molecule has 154 valence electrons. The summed E-state index contributed by atoms with van der Waals surface area (Å²) in [5.74, 6) is 0.184. The minimum atomic E-state index is -0.0596. The molecule has 8 heteroatoms. The lowest BCUT2D eigenvalue weighted by atomic mass is 9.97. The molecule has 4 heterocycles. The lowest BCUT2D eigenvalue weighted by Crippen LogP contribution is -2.41. The van der Waals surface area contributed by atoms with Gasteiger partial charge in [-0.2, -0.15) is 0 Å². The molecular formula is C22H24N6OS. The summed E-state index contributed by atoms with van der Waals surface area (Å²) in [5.41, 5.74) is 4.84. The maximum absolute atomic E-state index is 12.6. The van der Waals surface area contributed by atoms with E-state index in [-0.39, 0.29) is 17.9 Å². The first-order chi connectivity index (χ1) is 14.6. The number of imidazole rings is 1. The summed E-state index contributed by atoms with van der Waals surface area (Å²) in [6.45, 7) is 3.80. The number of benzene rings is 1. The average molecular weight is 421 g/mol. The molecule has 1 aliphatic heterocycles. The first-order valence-electron chi connectivity index (χ1n) is 10.3. The number of fused-ring (bicyclic) bond motifs is 3. The summed E-state index contributed by atoms with van der Waals surface area (Å²) in [4.78, 5) is 27.3. The van der Waals surface area contributed by atoms with Crippen molar-refractivity contribution < 1.29 is 4.79 Å². The molecule has 30 heavy (non-hydrogen) atoms. The Morgan fingerprint density at radius 1 is 1.37 bits per heavy atom. The highest BCUT2D eigenvalue weighted by molar-refractivity contribution is 7.21. The number of aryl methyl sites for hydroxylation is 1. The fraction of sp³-hybridized carbons (Fsp3) is 0.364. The van der Waals surface area contributed by atoms with Crippen LogP contribution in [0.3, 0.4) is 0 Å². The monoisotopic (exact) mass is 420 g/mol. The van der Waals surface area contributed by atoms with Crippen LogP contribution in [0, 0.1) is 5.92 Å². The molecule has 2 atom stereocenters. The molecule has 5 rings (SSSR count). The molecule has 0 radical (unpaired) electrons. The van der Waals surface area contributed by atoms with Gasteiger partial charge in [-0.15, -0.1) is 0 Å². The van der Waals surface area contributed by atoms with Crippen LogP contribution in [0.5, 0.6) is 0 Å². The summed E-state index contributed by atoms with van der Waals surface area (Å²) in [6, 6.07) is 8.19. The minimum absolute atomic E-state index is 0.0565. The Hall–Kier alpha value is -2.84. The molecule has 1 unspecified atom stereocenters. The number of rotatable bonds is 4. The Bertz CT molecular complexity index is 1220. The standard InChI is InChI=1S/C22H24N6OS/c1-13(26-20(29)16-7-4-8-23-10-16)14-5-3-6-15(9-14)21-27-18-19-17(25-12-28(19)2)11-24-22(18)30-21/h3,5-6,9,11-13,16,23H,4,7-8,10H2,1-2H3,(H,26,29)/t13-,16?/m0/s1. The van der Waals surface area contributed by atoms with E-state index in [0.29, 0.717) is 0 Å². The Labute approximate surface area is 178 Å². The van der Waals surface area contributed by atoms with Crippen molar-refractivity contribution in [2.24, 2.45) is 13.0 Å². The van der Waals surface area contributed by atoms with Crippen molar-refractivity contribution in [3.63, 3.8) is 0 Å². The zero-order valence-corrected chi connectivity index (χ0v) is 17.9. The predicted octanol–water partition coefficient (Wildman–Crippen LogP) is 3.42. The molecule has 7 nitrogen and oxygen atoms in total. The van der Waals surface area contributed by atoms with Gasteiger partial charge in [-0.3, -0.25) is 4.79 Å². The summed E-state index contributed by atoms with van der Waals surface area (Å²) < 4.78 is 1.98. The van der Waals surface area contributed by atoms with Crippen LogP contribution in [-0.2, 0) is 11.8 Å². The van der Waals surface area contributed by atoms with Gasteiger partial charge in [-0.1, -0.05) is 29.5 Å². The average Bonchev–Trinajstić information content (AvgIpc) is 3.38. The van der Waals surface area contributed by atoms with Crippen LogP contribution in [0.4, 0.5) is 0 Å². The van der Waals surface area contributed by atoms with E-state index >= 15 is 0 Å². The third-order valence-corrected chi connectivity index (χ3v) is 6.78. The topological polar surface area (TPSA) is 84.7 Å². The third-order valence-electron chi connectivity index (χ3n) is 5.76. The third kappa shape index (κ3) is 3.46. The van der Waals surface area contributed by atoms with Crippen molar-refractivity contribution >= 4 is 38.6 Å². The van der Waals surface area contributed by atoms with E-state index < -0.39 is 0 Å². The molecule has 0 bridgehead atoms. The number of amides is 1. The molecule has 3 aromatic heterocycles. The summed E-state index contributed by atoms with van der Waals surface area (Å²) in [7, 11) is 1.97. The van der Waals surface area contributed by atoms with E-state index in [2.05, 4.69) is 38.8 Å². The molecule has 0 saturated carbocycles. The highest BCUT2D eigenvalue weighted by atomic mass is 32.1. The molecule has 1 fully saturated rings. The van der Waals surface area contributed by atoms with E-state index in [1.807, 2.05) is 24.6 Å². The van der Waals surface area contributed by atoms with Crippen molar-refractivity contribution in [1.29, 1.82) is 0 Å². The number of piperidine rings is 1.